The third kappa shape index (κ3) is 4.60. The van der Waals surface area contributed by atoms with Crippen molar-refractivity contribution >= 4 is 34.4 Å². The molecule has 0 bridgehead atoms. The number of H-pyrrole nitrogens is 1. The topological polar surface area (TPSA) is 37.9 Å². The van der Waals surface area contributed by atoms with Crippen molar-refractivity contribution in [2.75, 3.05) is 18.2 Å². The zero-order chi connectivity index (χ0) is 14.2. The van der Waals surface area contributed by atoms with Crippen LogP contribution in [-0.4, -0.2) is 28.2 Å². The third-order valence-corrected chi connectivity index (χ3v) is 4.24. The van der Waals surface area contributed by atoms with Crippen molar-refractivity contribution in [2.45, 2.75) is 37.8 Å². The lowest BCUT2D eigenvalue weighted by Gasteiger charge is -2.00. The number of aromatic amines is 1. The van der Waals surface area contributed by atoms with Gasteiger partial charge >= 0.3 is 0 Å². The minimum Gasteiger partial charge on any atom is -0.494 e. The largest absolute Gasteiger partial charge is 0.494 e. The van der Waals surface area contributed by atoms with Crippen LogP contribution in [0.5, 0.6) is 5.75 Å². The molecule has 0 aliphatic carbocycles. The molecule has 3 nitrogen and oxygen atoms in total. The van der Waals surface area contributed by atoms with Crippen LogP contribution < -0.4 is 4.74 Å². The summed E-state index contributed by atoms with van der Waals surface area (Å²) in [7, 11) is 0. The Balaban J connectivity index is 1.84. The Morgan fingerprint density at radius 2 is 2.10 bits per heavy atom. The number of imidazole rings is 1. The molecule has 0 radical (unpaired) electrons. The fourth-order valence-electron chi connectivity index (χ4n) is 2.01. The van der Waals surface area contributed by atoms with Gasteiger partial charge in [0.1, 0.15) is 5.75 Å². The molecule has 0 aliphatic rings. The molecule has 1 N–H and O–H groups in total. The van der Waals surface area contributed by atoms with Crippen molar-refractivity contribution in [1.29, 1.82) is 0 Å². The molecule has 1 heterocycles. The summed E-state index contributed by atoms with van der Waals surface area (Å²) in [5.74, 6) is 2.76. The van der Waals surface area contributed by atoms with Gasteiger partial charge in [-0.25, -0.2) is 4.98 Å². The molecule has 1 aromatic heterocycles. The summed E-state index contributed by atoms with van der Waals surface area (Å²) in [5.41, 5.74) is 2.04. The molecule has 1 aromatic carbocycles. The molecule has 0 amide bonds. The first-order valence-electron chi connectivity index (χ1n) is 7.15. The van der Waals surface area contributed by atoms with E-state index < -0.39 is 0 Å². The zero-order valence-electron chi connectivity index (χ0n) is 11.8. The standard InChI is InChI=1S/C15H21ClN2OS/c1-2-19-12-7-8-13-14(11-12)18-15(17-13)20-10-6-4-3-5-9-16/h7-8,11H,2-6,9-10H2,1H3,(H,17,18). The molecule has 0 spiro atoms. The van der Waals surface area contributed by atoms with E-state index in [1.807, 2.05) is 25.1 Å². The van der Waals surface area contributed by atoms with Crippen LogP contribution in [0.25, 0.3) is 11.0 Å². The number of nitrogens with zero attached hydrogens (tertiary/aromatic N) is 1. The van der Waals surface area contributed by atoms with Gasteiger partial charge in [-0.1, -0.05) is 24.6 Å². The van der Waals surface area contributed by atoms with Gasteiger partial charge in [0, 0.05) is 17.7 Å². The lowest BCUT2D eigenvalue weighted by atomic mass is 10.2. The fourth-order valence-corrected chi connectivity index (χ4v) is 3.08. The molecule has 0 unspecified atom stereocenters. The van der Waals surface area contributed by atoms with Crippen molar-refractivity contribution < 1.29 is 4.74 Å². The van der Waals surface area contributed by atoms with Crippen LogP contribution in [0.15, 0.2) is 23.4 Å². The quantitative estimate of drug-likeness (QED) is 0.408. The Morgan fingerprint density at radius 3 is 2.90 bits per heavy atom. The second-order valence-electron chi connectivity index (χ2n) is 4.61. The van der Waals surface area contributed by atoms with E-state index in [4.69, 9.17) is 16.3 Å². The van der Waals surface area contributed by atoms with Gasteiger partial charge in [-0.15, -0.1) is 11.6 Å². The normalized spacial score (nSPS) is 11.1. The number of alkyl halides is 1. The van der Waals surface area contributed by atoms with E-state index in [-0.39, 0.29) is 0 Å². The average Bonchev–Trinajstić information content (AvgIpc) is 2.85. The molecule has 2 rings (SSSR count). The highest BCUT2D eigenvalue weighted by molar-refractivity contribution is 7.99. The van der Waals surface area contributed by atoms with Crippen LogP contribution in [0.2, 0.25) is 0 Å². The Kier molecular flexibility index (Phi) is 6.54. The molecule has 0 fully saturated rings. The van der Waals surface area contributed by atoms with Crippen molar-refractivity contribution in [2.24, 2.45) is 0 Å². The fraction of sp³-hybridized carbons (Fsp3) is 0.533. The van der Waals surface area contributed by atoms with Gasteiger partial charge < -0.3 is 9.72 Å². The molecule has 0 atom stereocenters. The predicted molar refractivity (Wildman–Crippen MR) is 87.2 cm³/mol. The highest BCUT2D eigenvalue weighted by Gasteiger charge is 2.04. The summed E-state index contributed by atoms with van der Waals surface area (Å²) < 4.78 is 5.49. The summed E-state index contributed by atoms with van der Waals surface area (Å²) >= 11 is 7.44. The minimum atomic E-state index is 0.684. The number of rotatable bonds is 9. The second kappa shape index (κ2) is 8.42. The monoisotopic (exact) mass is 312 g/mol. The summed E-state index contributed by atoms with van der Waals surface area (Å²) in [6.45, 7) is 2.67. The highest BCUT2D eigenvalue weighted by atomic mass is 35.5. The molecular weight excluding hydrogens is 292 g/mol. The summed E-state index contributed by atoms with van der Waals surface area (Å²) in [4.78, 5) is 7.93. The summed E-state index contributed by atoms with van der Waals surface area (Å²) in [5, 5.41) is 0.992. The van der Waals surface area contributed by atoms with E-state index in [1.54, 1.807) is 11.8 Å². The van der Waals surface area contributed by atoms with Gasteiger partial charge in [-0.2, -0.15) is 0 Å². The lowest BCUT2D eigenvalue weighted by molar-refractivity contribution is 0.340. The number of ether oxygens (including phenoxy) is 1. The third-order valence-electron chi connectivity index (χ3n) is 3.01. The number of aromatic nitrogens is 2. The van der Waals surface area contributed by atoms with Gasteiger partial charge in [0.2, 0.25) is 0 Å². The Labute approximate surface area is 129 Å². The molecule has 110 valence electrons. The first-order valence-corrected chi connectivity index (χ1v) is 8.67. The second-order valence-corrected chi connectivity index (χ2v) is 6.07. The van der Waals surface area contributed by atoms with Crippen LogP contribution in [-0.2, 0) is 0 Å². The number of halogens is 1. The van der Waals surface area contributed by atoms with Crippen LogP contribution >= 0.6 is 23.4 Å². The highest BCUT2D eigenvalue weighted by Crippen LogP contribution is 2.24. The Hall–Kier alpha value is -0.870. The maximum Gasteiger partial charge on any atom is 0.166 e. The van der Waals surface area contributed by atoms with Gasteiger partial charge in [-0.3, -0.25) is 0 Å². The van der Waals surface area contributed by atoms with Crippen LogP contribution in [0.3, 0.4) is 0 Å². The van der Waals surface area contributed by atoms with Gasteiger partial charge in [-0.05, 0) is 31.9 Å². The first-order chi connectivity index (χ1) is 9.83. The van der Waals surface area contributed by atoms with E-state index in [9.17, 15) is 0 Å². The van der Waals surface area contributed by atoms with Crippen molar-refractivity contribution in [3.63, 3.8) is 0 Å². The maximum atomic E-state index is 5.66. The SMILES string of the molecule is CCOc1ccc2nc(SCCCCCCCl)[nH]c2c1. The number of benzene rings is 1. The number of unbranched alkanes of at least 4 members (excludes halogenated alkanes) is 3. The Bertz CT molecular complexity index is 530. The average molecular weight is 313 g/mol. The first kappa shape index (κ1) is 15.5. The number of thioether (sulfide) groups is 1. The zero-order valence-corrected chi connectivity index (χ0v) is 13.4. The minimum absolute atomic E-state index is 0.684. The molecule has 5 heteroatoms. The number of hydrogen-bond donors (Lipinski definition) is 1. The van der Waals surface area contributed by atoms with Crippen LogP contribution in [0, 0.1) is 0 Å². The smallest absolute Gasteiger partial charge is 0.166 e. The van der Waals surface area contributed by atoms with Crippen LogP contribution in [0.4, 0.5) is 0 Å². The summed E-state index contributed by atoms with van der Waals surface area (Å²) in [6, 6.07) is 5.98. The predicted octanol–water partition coefficient (Wildman–Crippen LogP) is 4.85. The number of nitrogens with one attached hydrogen (secondary N) is 1. The molecular formula is C15H21ClN2OS. The molecule has 0 saturated carbocycles. The van der Waals surface area contributed by atoms with Crippen molar-refractivity contribution in [1.82, 2.24) is 9.97 Å². The summed E-state index contributed by atoms with van der Waals surface area (Å²) in [6.07, 6.45) is 4.80. The van der Waals surface area contributed by atoms with Crippen LogP contribution in [0.1, 0.15) is 32.6 Å². The van der Waals surface area contributed by atoms with Gasteiger partial charge in [0.15, 0.2) is 5.16 Å². The maximum absolute atomic E-state index is 5.66. The molecule has 0 aliphatic heterocycles. The van der Waals surface area contributed by atoms with E-state index in [0.29, 0.717) is 6.61 Å². The molecule has 2 aromatic rings. The van der Waals surface area contributed by atoms with E-state index >= 15 is 0 Å². The number of hydrogen-bond acceptors (Lipinski definition) is 3. The molecule has 20 heavy (non-hydrogen) atoms. The van der Waals surface area contributed by atoms with Gasteiger partial charge in [0.25, 0.3) is 0 Å². The van der Waals surface area contributed by atoms with Crippen molar-refractivity contribution in [3.8, 4) is 5.75 Å². The lowest BCUT2D eigenvalue weighted by Crippen LogP contribution is -1.90. The van der Waals surface area contributed by atoms with E-state index in [2.05, 4.69) is 9.97 Å². The Morgan fingerprint density at radius 1 is 1.25 bits per heavy atom. The van der Waals surface area contributed by atoms with Gasteiger partial charge in [0.05, 0.1) is 17.6 Å². The van der Waals surface area contributed by atoms with E-state index in [0.717, 1.165) is 40.0 Å². The number of fused-ring (bicyclic) bond motifs is 1. The van der Waals surface area contributed by atoms with Crippen molar-refractivity contribution in [3.05, 3.63) is 18.2 Å². The molecule has 0 saturated heterocycles. The van der Waals surface area contributed by atoms with E-state index in [1.165, 1.54) is 19.3 Å².